The SMILES string of the molecule is CC[N+]1(CC)CC1.NP(=O)(O)O. The number of rotatable bonds is 2. The Morgan fingerprint density at radius 3 is 1.58 bits per heavy atom. The number of hydrogen-bond donors (Lipinski definition) is 3. The minimum atomic E-state index is -4.14. The van der Waals surface area contributed by atoms with Crippen LogP contribution < -0.4 is 5.50 Å². The van der Waals surface area contributed by atoms with E-state index in [1.807, 2.05) is 0 Å². The predicted octanol–water partition coefficient (Wildman–Crippen LogP) is -0.106. The highest BCUT2D eigenvalue weighted by Gasteiger charge is 2.37. The molecule has 0 saturated carbocycles. The minimum absolute atomic E-state index is 1.34. The van der Waals surface area contributed by atoms with E-state index in [-0.39, 0.29) is 0 Å². The van der Waals surface area contributed by atoms with Gasteiger partial charge in [0.1, 0.15) is 13.1 Å². The Labute approximate surface area is 73.0 Å². The molecule has 0 bridgehead atoms. The minimum Gasteiger partial charge on any atom is -0.315 e. The van der Waals surface area contributed by atoms with Crippen LogP contribution in [-0.4, -0.2) is 40.4 Å². The average Bonchev–Trinajstić information content (AvgIpc) is 2.64. The molecule has 6 heteroatoms. The quantitative estimate of drug-likeness (QED) is 0.328. The highest BCUT2D eigenvalue weighted by molar-refractivity contribution is 7.49. The van der Waals surface area contributed by atoms with E-state index in [9.17, 15) is 0 Å². The van der Waals surface area contributed by atoms with E-state index in [4.69, 9.17) is 14.4 Å². The van der Waals surface area contributed by atoms with Crippen molar-refractivity contribution in [3.8, 4) is 0 Å². The maximum absolute atomic E-state index is 9.10. The highest BCUT2D eigenvalue weighted by Crippen LogP contribution is 2.20. The largest absolute Gasteiger partial charge is 0.397 e. The first-order chi connectivity index (χ1) is 5.33. The van der Waals surface area contributed by atoms with Crippen LogP contribution in [0.15, 0.2) is 0 Å². The van der Waals surface area contributed by atoms with Crippen LogP contribution in [0, 0.1) is 0 Å². The van der Waals surface area contributed by atoms with Crippen molar-refractivity contribution in [1.82, 2.24) is 0 Å². The molecule has 1 fully saturated rings. The molecular formula is C6H18N2O3P+. The maximum Gasteiger partial charge on any atom is 0.397 e. The summed E-state index contributed by atoms with van der Waals surface area (Å²) in [7, 11) is -4.14. The van der Waals surface area contributed by atoms with E-state index < -0.39 is 7.75 Å². The van der Waals surface area contributed by atoms with Gasteiger partial charge in [-0.2, -0.15) is 0 Å². The zero-order chi connectivity index (χ0) is 9.83. The number of hydrogen-bond acceptors (Lipinski definition) is 1. The van der Waals surface area contributed by atoms with Crippen LogP contribution in [0.5, 0.6) is 0 Å². The van der Waals surface area contributed by atoms with Crippen LogP contribution >= 0.6 is 7.75 Å². The van der Waals surface area contributed by atoms with Gasteiger partial charge in [0, 0.05) is 0 Å². The van der Waals surface area contributed by atoms with Crippen molar-refractivity contribution in [3.63, 3.8) is 0 Å². The van der Waals surface area contributed by atoms with Crippen molar-refractivity contribution in [1.29, 1.82) is 0 Å². The molecule has 0 aromatic heterocycles. The Balaban J connectivity index is 0.000000217. The highest BCUT2D eigenvalue weighted by atomic mass is 31.2. The van der Waals surface area contributed by atoms with E-state index in [2.05, 4.69) is 19.4 Å². The summed E-state index contributed by atoms with van der Waals surface area (Å²) in [5.41, 5.74) is 4.02. The van der Waals surface area contributed by atoms with Crippen LogP contribution in [0.25, 0.3) is 0 Å². The van der Waals surface area contributed by atoms with Gasteiger partial charge in [-0.25, -0.2) is 10.1 Å². The summed E-state index contributed by atoms with van der Waals surface area (Å²) >= 11 is 0. The van der Waals surface area contributed by atoms with Gasteiger partial charge in [0.25, 0.3) is 0 Å². The average molecular weight is 197 g/mol. The molecular weight excluding hydrogens is 179 g/mol. The molecule has 0 aliphatic carbocycles. The molecule has 5 nitrogen and oxygen atoms in total. The summed E-state index contributed by atoms with van der Waals surface area (Å²) in [6.45, 7) is 10.1. The van der Waals surface area contributed by atoms with E-state index in [0.717, 1.165) is 0 Å². The molecule has 1 rings (SSSR count). The smallest absolute Gasteiger partial charge is 0.315 e. The molecule has 74 valence electrons. The van der Waals surface area contributed by atoms with Gasteiger partial charge in [0.05, 0.1) is 13.1 Å². The van der Waals surface area contributed by atoms with Crippen LogP contribution in [0.1, 0.15) is 13.8 Å². The first kappa shape index (κ1) is 12.1. The van der Waals surface area contributed by atoms with Gasteiger partial charge >= 0.3 is 7.75 Å². The van der Waals surface area contributed by atoms with E-state index in [1.54, 1.807) is 0 Å². The van der Waals surface area contributed by atoms with Crippen LogP contribution in [0.3, 0.4) is 0 Å². The van der Waals surface area contributed by atoms with Crippen molar-refractivity contribution in [2.24, 2.45) is 5.50 Å². The van der Waals surface area contributed by atoms with Crippen LogP contribution in [0.4, 0.5) is 0 Å². The zero-order valence-corrected chi connectivity index (χ0v) is 8.50. The number of quaternary nitrogens is 1. The maximum atomic E-state index is 9.10. The third kappa shape index (κ3) is 6.76. The molecule has 0 atom stereocenters. The third-order valence-electron chi connectivity index (χ3n) is 2.20. The Bertz CT molecular complexity index is 161. The lowest BCUT2D eigenvalue weighted by molar-refractivity contribution is -0.795. The molecule has 0 amide bonds. The van der Waals surface area contributed by atoms with Gasteiger partial charge in [-0.3, -0.25) is 0 Å². The normalized spacial score (nSPS) is 19.4. The lowest BCUT2D eigenvalue weighted by atomic mass is 10.6. The molecule has 1 aliphatic rings. The van der Waals surface area contributed by atoms with Gasteiger partial charge in [0.15, 0.2) is 0 Å². The summed E-state index contributed by atoms with van der Waals surface area (Å²) in [6, 6.07) is 0. The molecule has 4 N–H and O–H groups in total. The molecule has 0 spiro atoms. The van der Waals surface area contributed by atoms with Gasteiger partial charge in [0.2, 0.25) is 0 Å². The first-order valence-electron chi connectivity index (χ1n) is 4.02. The topological polar surface area (TPSA) is 83.6 Å². The third-order valence-corrected chi connectivity index (χ3v) is 2.20. The number of likely N-dealkylation sites (N-methyl/N-ethyl adjacent to an activating group) is 1. The second-order valence-corrected chi connectivity index (χ2v) is 4.19. The Hall–Kier alpha value is 0.0700. The lowest BCUT2D eigenvalue weighted by Crippen LogP contribution is -2.24. The standard InChI is InChI=1S/C6H14N.H4NO3P/c1-3-7(4-2)5-6-7;1-5(2,3)4/h3-6H2,1-2H3;(H4,1,2,3,4)/q+1;. The fraction of sp³-hybridized carbons (Fsp3) is 1.00. The Morgan fingerprint density at radius 2 is 1.58 bits per heavy atom. The van der Waals surface area contributed by atoms with Crippen molar-refractivity contribution >= 4 is 7.75 Å². The molecule has 0 aromatic carbocycles. The van der Waals surface area contributed by atoms with E-state index in [0.29, 0.717) is 0 Å². The number of nitrogens with zero attached hydrogens (tertiary/aromatic N) is 1. The van der Waals surface area contributed by atoms with Crippen LogP contribution in [-0.2, 0) is 4.57 Å². The van der Waals surface area contributed by atoms with E-state index >= 15 is 0 Å². The zero-order valence-electron chi connectivity index (χ0n) is 7.60. The lowest BCUT2D eigenvalue weighted by Gasteiger charge is -2.11. The molecule has 1 heterocycles. The molecule has 12 heavy (non-hydrogen) atoms. The summed E-state index contributed by atoms with van der Waals surface area (Å²) in [5.74, 6) is 0. The van der Waals surface area contributed by atoms with E-state index in [1.165, 1.54) is 30.7 Å². The van der Waals surface area contributed by atoms with Crippen molar-refractivity contribution in [2.75, 3.05) is 26.2 Å². The molecule has 0 radical (unpaired) electrons. The molecule has 0 unspecified atom stereocenters. The molecule has 0 aromatic rings. The summed E-state index contributed by atoms with van der Waals surface area (Å²) in [6.07, 6.45) is 0. The van der Waals surface area contributed by atoms with Gasteiger partial charge in [-0.15, -0.1) is 0 Å². The van der Waals surface area contributed by atoms with Crippen LogP contribution in [0.2, 0.25) is 0 Å². The Morgan fingerprint density at radius 1 is 1.33 bits per heavy atom. The van der Waals surface area contributed by atoms with Gasteiger partial charge < -0.3 is 14.3 Å². The Kier molecular flexibility index (Phi) is 4.37. The molecule has 1 saturated heterocycles. The number of nitrogens with two attached hydrogens (primary N) is 1. The fourth-order valence-electron chi connectivity index (χ4n) is 0.997. The summed E-state index contributed by atoms with van der Waals surface area (Å²) in [5, 5.41) is 0. The van der Waals surface area contributed by atoms with Crippen molar-refractivity contribution in [2.45, 2.75) is 13.8 Å². The predicted molar refractivity (Wildman–Crippen MR) is 47.3 cm³/mol. The first-order valence-corrected chi connectivity index (χ1v) is 5.70. The summed E-state index contributed by atoms with van der Waals surface area (Å²) < 4.78 is 10.5. The van der Waals surface area contributed by atoms with Gasteiger partial charge in [-0.05, 0) is 13.8 Å². The van der Waals surface area contributed by atoms with Crippen molar-refractivity contribution in [3.05, 3.63) is 0 Å². The fourth-order valence-corrected chi connectivity index (χ4v) is 0.997. The summed E-state index contributed by atoms with van der Waals surface area (Å²) in [4.78, 5) is 14.8. The second-order valence-electron chi connectivity index (χ2n) is 3.01. The molecule has 1 aliphatic heterocycles. The van der Waals surface area contributed by atoms with Crippen molar-refractivity contribution < 1.29 is 18.8 Å². The monoisotopic (exact) mass is 197 g/mol. The second kappa shape index (κ2) is 4.35. The van der Waals surface area contributed by atoms with Gasteiger partial charge in [-0.1, -0.05) is 0 Å².